The van der Waals surface area contributed by atoms with Crippen LogP contribution < -0.4 is 5.73 Å². The maximum atomic E-state index is 12.6. The van der Waals surface area contributed by atoms with Crippen molar-refractivity contribution < 1.29 is 8.78 Å². The maximum absolute atomic E-state index is 12.6. The van der Waals surface area contributed by atoms with Crippen LogP contribution in [0.15, 0.2) is 24.3 Å². The van der Waals surface area contributed by atoms with Crippen LogP contribution in [0.2, 0.25) is 0 Å². The fraction of sp³-hybridized carbons (Fsp3) is 0.273. The Labute approximate surface area is 81.9 Å². The number of hydrogen-bond donors (Lipinski definition) is 1. The van der Waals surface area contributed by atoms with E-state index in [0.717, 1.165) is 0 Å². The topological polar surface area (TPSA) is 26.0 Å². The SMILES string of the molecule is C#Cc1ccccc1C(CN)C(F)F. The van der Waals surface area contributed by atoms with E-state index in [-0.39, 0.29) is 6.54 Å². The van der Waals surface area contributed by atoms with Gasteiger partial charge in [0.2, 0.25) is 6.43 Å². The predicted molar refractivity (Wildman–Crippen MR) is 52.2 cm³/mol. The van der Waals surface area contributed by atoms with Gasteiger partial charge in [-0.25, -0.2) is 8.78 Å². The van der Waals surface area contributed by atoms with E-state index in [1.54, 1.807) is 24.3 Å². The van der Waals surface area contributed by atoms with E-state index in [1.165, 1.54) is 0 Å². The molecule has 0 aliphatic carbocycles. The van der Waals surface area contributed by atoms with E-state index in [2.05, 4.69) is 5.92 Å². The van der Waals surface area contributed by atoms with Gasteiger partial charge in [-0.15, -0.1) is 6.42 Å². The Bertz CT molecular complexity index is 341. The molecule has 0 aliphatic heterocycles. The van der Waals surface area contributed by atoms with Gasteiger partial charge < -0.3 is 5.73 Å². The highest BCUT2D eigenvalue weighted by molar-refractivity contribution is 5.42. The number of halogens is 2. The summed E-state index contributed by atoms with van der Waals surface area (Å²) in [5.41, 5.74) is 6.22. The van der Waals surface area contributed by atoms with Gasteiger partial charge in [-0.1, -0.05) is 24.1 Å². The average Bonchev–Trinajstić information content (AvgIpc) is 2.19. The Morgan fingerprint density at radius 2 is 2.00 bits per heavy atom. The van der Waals surface area contributed by atoms with Crippen LogP contribution in [0.25, 0.3) is 0 Å². The summed E-state index contributed by atoms with van der Waals surface area (Å²) in [6.45, 7) is -0.101. The van der Waals surface area contributed by atoms with Gasteiger partial charge in [0.25, 0.3) is 0 Å². The molecule has 0 aliphatic rings. The Hall–Kier alpha value is -1.40. The fourth-order valence-corrected chi connectivity index (χ4v) is 1.32. The van der Waals surface area contributed by atoms with Gasteiger partial charge in [-0.3, -0.25) is 0 Å². The van der Waals surface area contributed by atoms with Crippen LogP contribution >= 0.6 is 0 Å². The van der Waals surface area contributed by atoms with Gasteiger partial charge >= 0.3 is 0 Å². The number of terminal acetylenes is 1. The zero-order chi connectivity index (χ0) is 10.6. The Balaban J connectivity index is 3.10. The molecule has 0 fully saturated rings. The number of benzene rings is 1. The smallest absolute Gasteiger partial charge is 0.246 e. The van der Waals surface area contributed by atoms with E-state index in [0.29, 0.717) is 11.1 Å². The molecule has 74 valence electrons. The highest BCUT2D eigenvalue weighted by Gasteiger charge is 2.22. The lowest BCUT2D eigenvalue weighted by molar-refractivity contribution is 0.117. The Morgan fingerprint density at radius 3 is 2.50 bits per heavy atom. The van der Waals surface area contributed by atoms with Crippen molar-refractivity contribution in [2.45, 2.75) is 12.3 Å². The van der Waals surface area contributed by atoms with E-state index in [9.17, 15) is 8.78 Å². The lowest BCUT2D eigenvalue weighted by Crippen LogP contribution is -2.20. The summed E-state index contributed by atoms with van der Waals surface area (Å²) in [5.74, 6) is 1.41. The molecular formula is C11H11F2N. The van der Waals surface area contributed by atoms with Gasteiger partial charge in [-0.05, 0) is 11.6 Å². The molecule has 0 aromatic heterocycles. The molecule has 1 unspecified atom stereocenters. The van der Waals surface area contributed by atoms with Gasteiger partial charge in [0.15, 0.2) is 0 Å². The Kier molecular flexibility index (Phi) is 3.61. The third-order valence-corrected chi connectivity index (χ3v) is 2.07. The second-order valence-electron chi connectivity index (χ2n) is 2.91. The lowest BCUT2D eigenvalue weighted by atomic mass is 9.95. The number of rotatable bonds is 3. The molecule has 1 nitrogen and oxygen atoms in total. The number of alkyl halides is 2. The second-order valence-corrected chi connectivity index (χ2v) is 2.91. The molecule has 0 bridgehead atoms. The minimum Gasteiger partial charge on any atom is -0.330 e. The number of nitrogens with two attached hydrogens (primary N) is 1. The molecule has 0 radical (unpaired) electrons. The molecule has 1 aromatic rings. The first kappa shape index (κ1) is 10.7. The lowest BCUT2D eigenvalue weighted by Gasteiger charge is -2.15. The van der Waals surface area contributed by atoms with Crippen LogP contribution in [-0.4, -0.2) is 13.0 Å². The molecule has 0 saturated carbocycles. The Morgan fingerprint density at radius 1 is 1.36 bits per heavy atom. The van der Waals surface area contributed by atoms with E-state index in [1.807, 2.05) is 0 Å². The second kappa shape index (κ2) is 4.73. The van der Waals surface area contributed by atoms with E-state index >= 15 is 0 Å². The molecule has 1 rings (SSSR count). The molecular weight excluding hydrogens is 184 g/mol. The summed E-state index contributed by atoms with van der Waals surface area (Å²) in [4.78, 5) is 0. The minimum absolute atomic E-state index is 0.101. The van der Waals surface area contributed by atoms with Crippen LogP contribution in [-0.2, 0) is 0 Å². The highest BCUT2D eigenvalue weighted by Crippen LogP contribution is 2.24. The normalized spacial score (nSPS) is 12.5. The van der Waals surface area contributed by atoms with E-state index in [4.69, 9.17) is 12.2 Å². The molecule has 0 heterocycles. The quantitative estimate of drug-likeness (QED) is 0.733. The summed E-state index contributed by atoms with van der Waals surface area (Å²) in [6, 6.07) is 6.64. The molecule has 1 atom stereocenters. The van der Waals surface area contributed by atoms with Crippen molar-refractivity contribution in [2.75, 3.05) is 6.54 Å². The number of hydrogen-bond acceptors (Lipinski definition) is 1. The molecule has 14 heavy (non-hydrogen) atoms. The average molecular weight is 195 g/mol. The van der Waals surface area contributed by atoms with E-state index < -0.39 is 12.3 Å². The summed E-state index contributed by atoms with van der Waals surface area (Å²) in [5, 5.41) is 0. The summed E-state index contributed by atoms with van der Waals surface area (Å²) in [6.07, 6.45) is 2.73. The highest BCUT2D eigenvalue weighted by atomic mass is 19.3. The third-order valence-electron chi connectivity index (χ3n) is 2.07. The van der Waals surface area contributed by atoms with Gasteiger partial charge in [0.05, 0.1) is 5.92 Å². The monoisotopic (exact) mass is 195 g/mol. The summed E-state index contributed by atoms with van der Waals surface area (Å²) in [7, 11) is 0. The van der Waals surface area contributed by atoms with Crippen molar-refractivity contribution in [3.8, 4) is 12.3 Å². The third kappa shape index (κ3) is 2.09. The molecule has 0 spiro atoms. The predicted octanol–water partition coefficient (Wildman–Crippen LogP) is 1.98. The summed E-state index contributed by atoms with van der Waals surface area (Å²) < 4.78 is 25.1. The van der Waals surface area contributed by atoms with Crippen molar-refractivity contribution in [2.24, 2.45) is 5.73 Å². The van der Waals surface area contributed by atoms with Crippen LogP contribution in [0.5, 0.6) is 0 Å². The first-order valence-corrected chi connectivity index (χ1v) is 4.24. The standard InChI is InChI=1S/C11H11F2N/c1-2-8-5-3-4-6-9(8)10(7-14)11(12)13/h1,3-6,10-11H,7,14H2. The van der Waals surface area contributed by atoms with Crippen molar-refractivity contribution in [1.82, 2.24) is 0 Å². The molecule has 0 saturated heterocycles. The zero-order valence-corrected chi connectivity index (χ0v) is 7.58. The molecule has 2 N–H and O–H groups in total. The summed E-state index contributed by atoms with van der Waals surface area (Å²) >= 11 is 0. The fourth-order valence-electron chi connectivity index (χ4n) is 1.32. The zero-order valence-electron chi connectivity index (χ0n) is 7.58. The van der Waals surface area contributed by atoms with Crippen LogP contribution in [0, 0.1) is 12.3 Å². The van der Waals surface area contributed by atoms with Crippen molar-refractivity contribution in [3.05, 3.63) is 35.4 Å². The van der Waals surface area contributed by atoms with Gasteiger partial charge in [-0.2, -0.15) is 0 Å². The van der Waals surface area contributed by atoms with Crippen LogP contribution in [0.3, 0.4) is 0 Å². The van der Waals surface area contributed by atoms with Gasteiger partial charge in [0, 0.05) is 12.1 Å². The first-order chi connectivity index (χ1) is 6.70. The van der Waals surface area contributed by atoms with Gasteiger partial charge in [0.1, 0.15) is 0 Å². The molecule has 3 heteroatoms. The van der Waals surface area contributed by atoms with Crippen LogP contribution in [0.1, 0.15) is 17.0 Å². The molecule has 1 aromatic carbocycles. The van der Waals surface area contributed by atoms with Crippen molar-refractivity contribution >= 4 is 0 Å². The van der Waals surface area contributed by atoms with Crippen molar-refractivity contribution in [3.63, 3.8) is 0 Å². The molecule has 0 amide bonds. The minimum atomic E-state index is -2.48. The largest absolute Gasteiger partial charge is 0.330 e. The first-order valence-electron chi connectivity index (χ1n) is 4.24. The van der Waals surface area contributed by atoms with Crippen LogP contribution in [0.4, 0.5) is 8.78 Å². The van der Waals surface area contributed by atoms with Crippen molar-refractivity contribution in [1.29, 1.82) is 0 Å². The maximum Gasteiger partial charge on any atom is 0.246 e.